The minimum absolute atomic E-state index is 0.0840. The predicted molar refractivity (Wildman–Crippen MR) is 109 cm³/mol. The Balaban J connectivity index is 1.42. The van der Waals surface area contributed by atoms with Crippen LogP contribution >= 0.6 is 0 Å². The summed E-state index contributed by atoms with van der Waals surface area (Å²) in [5.74, 6) is -0.205. The normalized spacial score (nSPS) is 13.3. The van der Waals surface area contributed by atoms with E-state index in [0.29, 0.717) is 30.7 Å². The van der Waals surface area contributed by atoms with Crippen LogP contribution in [0.5, 0.6) is 0 Å². The van der Waals surface area contributed by atoms with Crippen LogP contribution in [0.1, 0.15) is 31.0 Å². The Kier molecular flexibility index (Phi) is 5.16. The van der Waals surface area contributed by atoms with Crippen LogP contribution in [0, 0.1) is 0 Å². The molecule has 3 aromatic rings. The van der Waals surface area contributed by atoms with Gasteiger partial charge in [0.05, 0.1) is 17.8 Å². The average Bonchev–Trinajstić information content (AvgIpc) is 3.22. The first kappa shape index (κ1) is 18.9. The molecule has 8 nitrogen and oxygen atoms in total. The highest BCUT2D eigenvalue weighted by Crippen LogP contribution is 2.18. The highest BCUT2D eigenvalue weighted by Gasteiger charge is 2.26. The number of hydrogen-bond donors (Lipinski definition) is 1. The predicted octanol–water partition coefficient (Wildman–Crippen LogP) is 1.74. The monoisotopic (exact) mass is 393 g/mol. The molecule has 2 amide bonds. The van der Waals surface area contributed by atoms with Gasteiger partial charge in [-0.15, -0.1) is 0 Å². The van der Waals surface area contributed by atoms with Gasteiger partial charge in [0.1, 0.15) is 0 Å². The first-order chi connectivity index (χ1) is 14.1. The fraction of sp³-hybridized carbons (Fsp3) is 0.333. The van der Waals surface area contributed by atoms with Crippen molar-refractivity contribution in [3.05, 3.63) is 64.2 Å². The van der Waals surface area contributed by atoms with Crippen molar-refractivity contribution in [1.29, 1.82) is 0 Å². The second kappa shape index (κ2) is 7.90. The summed E-state index contributed by atoms with van der Waals surface area (Å²) in [6.45, 7) is 3.19. The molecule has 3 heterocycles. The van der Waals surface area contributed by atoms with E-state index >= 15 is 0 Å². The van der Waals surface area contributed by atoms with Crippen LogP contribution in [-0.4, -0.2) is 44.4 Å². The summed E-state index contributed by atoms with van der Waals surface area (Å²) in [6.07, 6.45) is 2.46. The summed E-state index contributed by atoms with van der Waals surface area (Å²) in [5, 5.41) is 2.84. The van der Waals surface area contributed by atoms with Gasteiger partial charge in [0.15, 0.2) is 5.65 Å². The van der Waals surface area contributed by atoms with E-state index in [9.17, 15) is 14.4 Å². The summed E-state index contributed by atoms with van der Waals surface area (Å²) >= 11 is 0. The number of fused-ring (bicyclic) bond motifs is 2. The van der Waals surface area contributed by atoms with Crippen molar-refractivity contribution in [2.75, 3.05) is 18.0 Å². The van der Waals surface area contributed by atoms with Crippen LogP contribution in [0.25, 0.3) is 5.65 Å². The standard InChI is InChI=1S/C21H23N5O3/c1-2-25(15-6-4-3-5-7-15)20(28)9-8-19(27)24-13-11-17-16(14-24)21(29)26-18(23-17)10-12-22-26/h3-7,10,12,22H,2,8-9,11,13-14H2,1H3. The third kappa shape index (κ3) is 3.65. The minimum Gasteiger partial charge on any atom is -0.338 e. The van der Waals surface area contributed by atoms with Crippen LogP contribution in [0.3, 0.4) is 0 Å². The van der Waals surface area contributed by atoms with Crippen LogP contribution in [0.2, 0.25) is 0 Å². The number of benzene rings is 1. The average molecular weight is 393 g/mol. The van der Waals surface area contributed by atoms with Gasteiger partial charge in [0.2, 0.25) is 11.8 Å². The van der Waals surface area contributed by atoms with E-state index in [-0.39, 0.29) is 36.8 Å². The van der Waals surface area contributed by atoms with E-state index in [1.54, 1.807) is 22.1 Å². The molecule has 0 fully saturated rings. The van der Waals surface area contributed by atoms with Gasteiger partial charge in [-0.1, -0.05) is 18.2 Å². The van der Waals surface area contributed by atoms with Gasteiger partial charge in [-0.25, -0.2) is 9.50 Å². The van der Waals surface area contributed by atoms with E-state index in [1.165, 1.54) is 4.52 Å². The Hall–Kier alpha value is -3.42. The zero-order valence-electron chi connectivity index (χ0n) is 16.3. The zero-order chi connectivity index (χ0) is 20.4. The Morgan fingerprint density at radius 3 is 2.72 bits per heavy atom. The molecule has 1 aromatic carbocycles. The van der Waals surface area contributed by atoms with Gasteiger partial charge in [0.25, 0.3) is 5.56 Å². The second-order valence-corrected chi connectivity index (χ2v) is 7.04. The van der Waals surface area contributed by atoms with E-state index in [2.05, 4.69) is 10.1 Å². The number of H-pyrrole nitrogens is 1. The fourth-order valence-corrected chi connectivity index (χ4v) is 3.75. The van der Waals surface area contributed by atoms with Gasteiger partial charge in [-0.05, 0) is 19.1 Å². The van der Waals surface area contributed by atoms with E-state index in [1.807, 2.05) is 37.3 Å². The number of para-hydroxylation sites is 1. The Morgan fingerprint density at radius 1 is 1.17 bits per heavy atom. The first-order valence-electron chi connectivity index (χ1n) is 9.79. The van der Waals surface area contributed by atoms with Gasteiger partial charge < -0.3 is 9.80 Å². The molecule has 0 aliphatic carbocycles. The smallest absolute Gasteiger partial charge is 0.277 e. The summed E-state index contributed by atoms with van der Waals surface area (Å²) in [4.78, 5) is 45.8. The largest absolute Gasteiger partial charge is 0.338 e. The van der Waals surface area contributed by atoms with Crippen LogP contribution in [-0.2, 0) is 22.6 Å². The van der Waals surface area contributed by atoms with Gasteiger partial charge in [-0.3, -0.25) is 19.5 Å². The molecule has 150 valence electrons. The maximum atomic E-state index is 12.7. The SMILES string of the molecule is CCN(C(=O)CCC(=O)N1CCc2nc3cc[nH]n3c(=O)c2C1)c1ccccc1. The third-order valence-electron chi connectivity index (χ3n) is 5.28. The molecule has 1 aliphatic rings. The van der Waals surface area contributed by atoms with E-state index < -0.39 is 0 Å². The minimum atomic E-state index is -0.176. The second-order valence-electron chi connectivity index (χ2n) is 7.04. The number of carbonyl (C=O) groups is 2. The number of hydrogen-bond acceptors (Lipinski definition) is 4. The van der Waals surface area contributed by atoms with Gasteiger partial charge in [0, 0.05) is 50.3 Å². The van der Waals surface area contributed by atoms with Crippen LogP contribution in [0.4, 0.5) is 5.69 Å². The Labute approximate surface area is 167 Å². The fourth-order valence-electron chi connectivity index (χ4n) is 3.75. The number of aromatic amines is 1. The van der Waals surface area contributed by atoms with E-state index in [0.717, 1.165) is 11.4 Å². The molecule has 0 saturated carbocycles. The quantitative estimate of drug-likeness (QED) is 0.715. The summed E-state index contributed by atoms with van der Waals surface area (Å²) in [5.41, 5.74) is 2.52. The molecular formula is C21H23N5O3. The molecule has 1 aliphatic heterocycles. The van der Waals surface area contributed by atoms with Crippen molar-refractivity contribution in [2.24, 2.45) is 0 Å². The third-order valence-corrected chi connectivity index (χ3v) is 5.28. The summed E-state index contributed by atoms with van der Waals surface area (Å²) in [6, 6.07) is 11.2. The number of anilines is 1. The molecule has 0 unspecified atom stereocenters. The molecule has 0 radical (unpaired) electrons. The Morgan fingerprint density at radius 2 is 1.97 bits per heavy atom. The lowest BCUT2D eigenvalue weighted by Gasteiger charge is -2.28. The van der Waals surface area contributed by atoms with Crippen molar-refractivity contribution in [3.63, 3.8) is 0 Å². The number of amides is 2. The van der Waals surface area contributed by atoms with Gasteiger partial charge >= 0.3 is 0 Å². The maximum absolute atomic E-state index is 12.7. The molecule has 2 aromatic heterocycles. The molecule has 0 atom stereocenters. The maximum Gasteiger partial charge on any atom is 0.277 e. The molecule has 8 heteroatoms. The zero-order valence-corrected chi connectivity index (χ0v) is 16.3. The summed E-state index contributed by atoms with van der Waals surface area (Å²) < 4.78 is 1.38. The van der Waals surface area contributed by atoms with Gasteiger partial charge in [-0.2, -0.15) is 0 Å². The van der Waals surface area contributed by atoms with Crippen LogP contribution in [0.15, 0.2) is 47.4 Å². The van der Waals surface area contributed by atoms with E-state index in [4.69, 9.17) is 0 Å². The molecule has 0 saturated heterocycles. The highest BCUT2D eigenvalue weighted by molar-refractivity contribution is 5.95. The summed E-state index contributed by atoms with van der Waals surface area (Å²) in [7, 11) is 0. The highest BCUT2D eigenvalue weighted by atomic mass is 16.2. The van der Waals surface area contributed by atoms with Crippen molar-refractivity contribution in [2.45, 2.75) is 32.7 Å². The lowest BCUT2D eigenvalue weighted by molar-refractivity contribution is -0.134. The molecular weight excluding hydrogens is 370 g/mol. The molecule has 0 bridgehead atoms. The number of nitrogens with zero attached hydrogens (tertiary/aromatic N) is 4. The van der Waals surface area contributed by atoms with Crippen LogP contribution < -0.4 is 10.5 Å². The number of nitrogens with one attached hydrogen (secondary N) is 1. The van der Waals surface area contributed by atoms with Crippen molar-refractivity contribution in [3.8, 4) is 0 Å². The molecule has 29 heavy (non-hydrogen) atoms. The number of rotatable bonds is 5. The molecule has 1 N–H and O–H groups in total. The van der Waals surface area contributed by atoms with Crippen molar-refractivity contribution < 1.29 is 9.59 Å². The molecule has 0 spiro atoms. The van der Waals surface area contributed by atoms with Crippen molar-refractivity contribution >= 4 is 23.1 Å². The number of carbonyl (C=O) groups excluding carboxylic acids is 2. The van der Waals surface area contributed by atoms with Crippen molar-refractivity contribution in [1.82, 2.24) is 19.5 Å². The topological polar surface area (TPSA) is 90.8 Å². The Bertz CT molecular complexity index is 1100. The first-order valence-corrected chi connectivity index (χ1v) is 9.79. The lowest BCUT2D eigenvalue weighted by atomic mass is 10.1. The molecule has 4 rings (SSSR count). The lowest BCUT2D eigenvalue weighted by Crippen LogP contribution is -2.40. The number of aromatic nitrogens is 3.